The highest BCUT2D eigenvalue weighted by Crippen LogP contribution is 2.30. The van der Waals surface area contributed by atoms with Gasteiger partial charge in [-0.15, -0.1) is 0 Å². The molecule has 3 rings (SSSR count). The molecule has 0 saturated carbocycles. The standard InChI is InChI=1S/C18H17N/c1-14-13-19(17-11-7-4-8-12-17)18(15(14)2)16-9-5-3-6-10-16/h3-13H,1-2H3/i13D. The maximum atomic E-state index is 8.41. The third-order valence-electron chi connectivity index (χ3n) is 3.48. The Morgan fingerprint density at radius 1 is 0.842 bits per heavy atom. The van der Waals surface area contributed by atoms with E-state index in [4.69, 9.17) is 1.37 Å². The molecule has 0 radical (unpaired) electrons. The Kier molecular flexibility index (Phi) is 2.67. The van der Waals surface area contributed by atoms with E-state index in [1.807, 2.05) is 60.0 Å². The zero-order valence-electron chi connectivity index (χ0n) is 12.2. The van der Waals surface area contributed by atoms with Crippen molar-refractivity contribution in [3.63, 3.8) is 0 Å². The quantitative estimate of drug-likeness (QED) is 0.616. The molecular weight excluding hydrogens is 230 g/mol. The molecule has 0 atom stereocenters. The monoisotopic (exact) mass is 248 g/mol. The largest absolute Gasteiger partial charge is 0.316 e. The molecule has 1 heteroatoms. The Labute approximate surface area is 115 Å². The van der Waals surface area contributed by atoms with Gasteiger partial charge in [-0.25, -0.2) is 0 Å². The molecule has 19 heavy (non-hydrogen) atoms. The smallest absolute Gasteiger partial charge is 0.0825 e. The first-order chi connectivity index (χ1) is 9.70. The van der Waals surface area contributed by atoms with Gasteiger partial charge < -0.3 is 4.57 Å². The molecule has 3 aromatic rings. The summed E-state index contributed by atoms with van der Waals surface area (Å²) in [4.78, 5) is 0. The first kappa shape index (κ1) is 10.6. The number of hydrogen-bond acceptors (Lipinski definition) is 0. The van der Waals surface area contributed by atoms with E-state index in [9.17, 15) is 0 Å². The van der Waals surface area contributed by atoms with Crippen molar-refractivity contribution < 1.29 is 1.37 Å². The van der Waals surface area contributed by atoms with Gasteiger partial charge in [0.1, 0.15) is 0 Å². The van der Waals surface area contributed by atoms with Crippen LogP contribution in [0.15, 0.2) is 66.8 Å². The van der Waals surface area contributed by atoms with Crippen molar-refractivity contribution >= 4 is 0 Å². The van der Waals surface area contributed by atoms with Crippen LogP contribution in [0.5, 0.6) is 0 Å². The lowest BCUT2D eigenvalue weighted by molar-refractivity contribution is 1.08. The highest BCUT2D eigenvalue weighted by Gasteiger charge is 2.12. The van der Waals surface area contributed by atoms with Crippen molar-refractivity contribution in [2.75, 3.05) is 0 Å². The van der Waals surface area contributed by atoms with E-state index in [0.717, 1.165) is 22.5 Å². The minimum absolute atomic E-state index is 0.563. The third-order valence-corrected chi connectivity index (χ3v) is 3.48. The minimum Gasteiger partial charge on any atom is -0.316 e. The van der Waals surface area contributed by atoms with Crippen molar-refractivity contribution in [2.24, 2.45) is 0 Å². The molecule has 0 spiro atoms. The fourth-order valence-corrected chi connectivity index (χ4v) is 2.37. The summed E-state index contributed by atoms with van der Waals surface area (Å²) in [5.41, 5.74) is 5.50. The summed E-state index contributed by atoms with van der Waals surface area (Å²) in [6.45, 7) is 4.11. The van der Waals surface area contributed by atoms with Crippen LogP contribution in [0, 0.1) is 13.8 Å². The molecule has 0 N–H and O–H groups in total. The van der Waals surface area contributed by atoms with Crippen molar-refractivity contribution in [2.45, 2.75) is 13.8 Å². The third kappa shape index (κ3) is 2.08. The Hall–Kier alpha value is -2.28. The van der Waals surface area contributed by atoms with Crippen molar-refractivity contribution in [3.8, 4) is 16.9 Å². The molecule has 1 aromatic heterocycles. The van der Waals surface area contributed by atoms with Crippen molar-refractivity contribution in [1.82, 2.24) is 4.57 Å². The van der Waals surface area contributed by atoms with Gasteiger partial charge in [-0.2, -0.15) is 0 Å². The molecule has 2 aromatic carbocycles. The average Bonchev–Trinajstić information content (AvgIpc) is 2.73. The van der Waals surface area contributed by atoms with Gasteiger partial charge in [-0.05, 0) is 42.7 Å². The first-order valence-corrected chi connectivity index (χ1v) is 6.49. The van der Waals surface area contributed by atoms with E-state index < -0.39 is 0 Å². The van der Waals surface area contributed by atoms with Gasteiger partial charge in [0.25, 0.3) is 0 Å². The molecule has 0 amide bonds. The number of nitrogens with zero attached hydrogens (tertiary/aromatic N) is 1. The molecule has 0 unspecified atom stereocenters. The van der Waals surface area contributed by atoms with Crippen LogP contribution in [-0.4, -0.2) is 4.57 Å². The normalized spacial score (nSPS) is 11.4. The second-order valence-corrected chi connectivity index (χ2v) is 4.75. The second-order valence-electron chi connectivity index (χ2n) is 4.75. The molecule has 0 bridgehead atoms. The van der Waals surface area contributed by atoms with E-state index in [1.165, 1.54) is 5.56 Å². The maximum absolute atomic E-state index is 8.41. The van der Waals surface area contributed by atoms with E-state index >= 15 is 0 Å². The number of para-hydroxylation sites is 1. The summed E-state index contributed by atoms with van der Waals surface area (Å²) in [5, 5.41) is 0. The van der Waals surface area contributed by atoms with Crippen LogP contribution in [-0.2, 0) is 0 Å². The summed E-state index contributed by atoms with van der Waals surface area (Å²) in [6.07, 6.45) is 0.563. The molecule has 0 fully saturated rings. The topological polar surface area (TPSA) is 4.93 Å². The van der Waals surface area contributed by atoms with E-state index in [0.29, 0.717) is 6.17 Å². The van der Waals surface area contributed by atoms with Crippen molar-refractivity contribution in [3.05, 3.63) is 78.0 Å². The summed E-state index contributed by atoms with van der Waals surface area (Å²) >= 11 is 0. The second kappa shape index (κ2) is 4.77. The molecule has 0 saturated heterocycles. The van der Waals surface area contributed by atoms with E-state index in [2.05, 4.69) is 19.1 Å². The predicted octanol–water partition coefficient (Wildman–Crippen LogP) is 4.76. The lowest BCUT2D eigenvalue weighted by Crippen LogP contribution is -1.95. The lowest BCUT2D eigenvalue weighted by atomic mass is 10.1. The predicted molar refractivity (Wildman–Crippen MR) is 80.7 cm³/mol. The molecule has 1 heterocycles. The fourth-order valence-electron chi connectivity index (χ4n) is 2.37. The van der Waals surface area contributed by atoms with E-state index in [1.54, 1.807) is 0 Å². The SMILES string of the molecule is [2H]c1c(C)c(C)c(-c2ccccc2)n1-c1ccccc1. The summed E-state index contributed by atoms with van der Waals surface area (Å²) in [5.74, 6) is 0. The molecule has 94 valence electrons. The van der Waals surface area contributed by atoms with Crippen LogP contribution in [0.4, 0.5) is 0 Å². The van der Waals surface area contributed by atoms with Crippen LogP contribution in [0.1, 0.15) is 12.5 Å². The Bertz CT molecular complexity index is 664. The van der Waals surface area contributed by atoms with Crippen LogP contribution in [0.3, 0.4) is 0 Å². The highest BCUT2D eigenvalue weighted by atomic mass is 15.0. The summed E-state index contributed by atoms with van der Waals surface area (Å²) in [7, 11) is 0. The van der Waals surface area contributed by atoms with Gasteiger partial charge in [-0.1, -0.05) is 48.5 Å². The van der Waals surface area contributed by atoms with Crippen LogP contribution in [0.2, 0.25) is 0 Å². The van der Waals surface area contributed by atoms with E-state index in [-0.39, 0.29) is 0 Å². The average molecular weight is 248 g/mol. The van der Waals surface area contributed by atoms with Gasteiger partial charge in [0.2, 0.25) is 0 Å². The van der Waals surface area contributed by atoms with Gasteiger partial charge in [0, 0.05) is 11.9 Å². The summed E-state index contributed by atoms with van der Waals surface area (Å²) in [6, 6.07) is 20.4. The molecular formula is C18H17N. The highest BCUT2D eigenvalue weighted by molar-refractivity contribution is 5.68. The van der Waals surface area contributed by atoms with Crippen LogP contribution < -0.4 is 0 Å². The zero-order valence-corrected chi connectivity index (χ0v) is 11.2. The molecule has 1 nitrogen and oxygen atoms in total. The zero-order chi connectivity index (χ0) is 14.1. The maximum Gasteiger partial charge on any atom is 0.0825 e. The van der Waals surface area contributed by atoms with Gasteiger partial charge in [0.15, 0.2) is 0 Å². The van der Waals surface area contributed by atoms with Crippen molar-refractivity contribution in [1.29, 1.82) is 0 Å². The van der Waals surface area contributed by atoms with Crippen LogP contribution >= 0.6 is 0 Å². The first-order valence-electron chi connectivity index (χ1n) is 6.99. The number of hydrogen-bond donors (Lipinski definition) is 0. The minimum atomic E-state index is 0.563. The lowest BCUT2D eigenvalue weighted by Gasteiger charge is -2.10. The summed E-state index contributed by atoms with van der Waals surface area (Å²) < 4.78 is 10.4. The number of rotatable bonds is 2. The van der Waals surface area contributed by atoms with Crippen LogP contribution in [0.25, 0.3) is 16.9 Å². The Morgan fingerprint density at radius 2 is 1.42 bits per heavy atom. The van der Waals surface area contributed by atoms with Gasteiger partial charge in [0.05, 0.1) is 7.06 Å². The van der Waals surface area contributed by atoms with Gasteiger partial charge in [-0.3, -0.25) is 0 Å². The molecule has 0 aliphatic rings. The Balaban J connectivity index is 2.32. The molecule has 0 aliphatic heterocycles. The number of benzene rings is 2. The van der Waals surface area contributed by atoms with Gasteiger partial charge >= 0.3 is 0 Å². The molecule has 0 aliphatic carbocycles. The number of aromatic nitrogens is 1. The Morgan fingerprint density at radius 3 is 2.05 bits per heavy atom. The fraction of sp³-hybridized carbons (Fsp3) is 0.111.